The third kappa shape index (κ3) is 3.58. The summed E-state index contributed by atoms with van der Waals surface area (Å²) in [6.45, 7) is 0.964. The topological polar surface area (TPSA) is 74.4 Å². The van der Waals surface area contributed by atoms with Gasteiger partial charge in [-0.05, 0) is 29.3 Å². The summed E-state index contributed by atoms with van der Waals surface area (Å²) in [5, 5.41) is 3.86. The van der Waals surface area contributed by atoms with Crippen LogP contribution in [-0.4, -0.2) is 41.9 Å². The lowest BCUT2D eigenvalue weighted by Crippen LogP contribution is -2.37. The highest BCUT2D eigenvalue weighted by Crippen LogP contribution is 2.28. The number of methoxy groups -OCH3 is 1. The third-order valence-corrected chi connectivity index (χ3v) is 5.25. The number of nitrogens with zero attached hydrogens (tertiary/aromatic N) is 1. The molecule has 1 unspecified atom stereocenters. The van der Waals surface area contributed by atoms with Crippen molar-refractivity contribution in [2.45, 2.75) is 18.9 Å². The molecule has 1 fully saturated rings. The first-order valence-corrected chi connectivity index (χ1v) is 9.41. The number of nitrogens with one attached hydrogen (secondary N) is 2. The van der Waals surface area contributed by atoms with Gasteiger partial charge in [0.15, 0.2) is 0 Å². The van der Waals surface area contributed by atoms with Crippen LogP contribution in [0.5, 0.6) is 5.75 Å². The molecule has 2 heterocycles. The van der Waals surface area contributed by atoms with Gasteiger partial charge in [0, 0.05) is 30.2 Å². The van der Waals surface area contributed by atoms with Crippen molar-refractivity contribution in [2.75, 3.05) is 20.2 Å². The minimum atomic E-state index is -0.254. The van der Waals surface area contributed by atoms with E-state index in [0.29, 0.717) is 13.1 Å². The molecule has 144 valence electrons. The predicted molar refractivity (Wildman–Crippen MR) is 107 cm³/mol. The van der Waals surface area contributed by atoms with E-state index < -0.39 is 0 Å². The molecule has 0 aliphatic carbocycles. The number of carbonyl (C=O) groups excluding carboxylic acids is 2. The molecule has 0 bridgehead atoms. The Balaban J connectivity index is 1.62. The van der Waals surface area contributed by atoms with Gasteiger partial charge in [-0.2, -0.15) is 0 Å². The van der Waals surface area contributed by atoms with Crippen LogP contribution in [0.4, 0.5) is 0 Å². The average Bonchev–Trinajstić information content (AvgIpc) is 3.00. The van der Waals surface area contributed by atoms with Crippen LogP contribution in [0.15, 0.2) is 54.7 Å². The van der Waals surface area contributed by atoms with Crippen molar-refractivity contribution in [3.63, 3.8) is 0 Å². The molecular formula is C22H23N3O3. The summed E-state index contributed by atoms with van der Waals surface area (Å²) in [6, 6.07) is 15.3. The van der Waals surface area contributed by atoms with E-state index in [1.165, 1.54) is 0 Å². The monoisotopic (exact) mass is 377 g/mol. The van der Waals surface area contributed by atoms with E-state index in [9.17, 15) is 9.59 Å². The maximum absolute atomic E-state index is 13.2. The smallest absolute Gasteiger partial charge is 0.227 e. The van der Waals surface area contributed by atoms with Crippen LogP contribution in [0.1, 0.15) is 23.6 Å². The summed E-state index contributed by atoms with van der Waals surface area (Å²) in [4.78, 5) is 30.4. The fourth-order valence-electron chi connectivity index (χ4n) is 3.80. The summed E-state index contributed by atoms with van der Waals surface area (Å²) >= 11 is 0. The molecule has 3 aromatic rings. The van der Waals surface area contributed by atoms with Crippen molar-refractivity contribution in [2.24, 2.45) is 0 Å². The van der Waals surface area contributed by atoms with Crippen LogP contribution in [0.25, 0.3) is 10.9 Å². The number of aromatic amines is 1. The Labute approximate surface area is 163 Å². The van der Waals surface area contributed by atoms with Crippen LogP contribution in [0.2, 0.25) is 0 Å². The largest absolute Gasteiger partial charge is 0.497 e. The number of carbonyl (C=O) groups is 2. The zero-order valence-electron chi connectivity index (χ0n) is 15.8. The van der Waals surface area contributed by atoms with Crippen LogP contribution >= 0.6 is 0 Å². The molecule has 2 N–H and O–H groups in total. The third-order valence-electron chi connectivity index (χ3n) is 5.25. The highest BCUT2D eigenvalue weighted by Gasteiger charge is 2.30. The molecule has 2 aromatic carbocycles. The second kappa shape index (κ2) is 7.76. The van der Waals surface area contributed by atoms with Gasteiger partial charge >= 0.3 is 0 Å². The number of H-pyrrole nitrogens is 1. The minimum absolute atomic E-state index is 0.00840. The van der Waals surface area contributed by atoms with E-state index in [4.69, 9.17) is 4.74 Å². The van der Waals surface area contributed by atoms with Gasteiger partial charge in [0.25, 0.3) is 0 Å². The maximum Gasteiger partial charge on any atom is 0.227 e. The number of amides is 2. The Kier molecular flexibility index (Phi) is 5.02. The number of aromatic nitrogens is 1. The molecule has 1 aromatic heterocycles. The molecule has 0 spiro atoms. The van der Waals surface area contributed by atoms with Crippen molar-refractivity contribution in [1.29, 1.82) is 0 Å². The first-order chi connectivity index (χ1) is 13.7. The molecule has 28 heavy (non-hydrogen) atoms. The number of hydrogen-bond donors (Lipinski definition) is 2. The van der Waals surface area contributed by atoms with E-state index in [1.54, 1.807) is 7.11 Å². The van der Waals surface area contributed by atoms with Gasteiger partial charge in [-0.1, -0.05) is 30.3 Å². The van der Waals surface area contributed by atoms with Gasteiger partial charge in [0.2, 0.25) is 11.8 Å². The normalized spacial score (nSPS) is 17.2. The molecule has 6 nitrogen and oxygen atoms in total. The van der Waals surface area contributed by atoms with E-state index in [1.807, 2.05) is 59.6 Å². The van der Waals surface area contributed by atoms with Gasteiger partial charge in [0.1, 0.15) is 5.75 Å². The summed E-state index contributed by atoms with van der Waals surface area (Å²) in [7, 11) is 1.63. The Hall–Kier alpha value is -3.28. The van der Waals surface area contributed by atoms with Crippen molar-refractivity contribution >= 4 is 22.7 Å². The highest BCUT2D eigenvalue weighted by atomic mass is 16.5. The molecule has 2 amide bonds. The Morgan fingerprint density at radius 1 is 1.21 bits per heavy atom. The van der Waals surface area contributed by atoms with Crippen molar-refractivity contribution in [3.8, 4) is 5.75 Å². The van der Waals surface area contributed by atoms with Gasteiger partial charge < -0.3 is 19.9 Å². The summed E-state index contributed by atoms with van der Waals surface area (Å²) in [5.41, 5.74) is 2.87. The van der Waals surface area contributed by atoms with Gasteiger partial charge in [-0.15, -0.1) is 0 Å². The Bertz CT molecular complexity index is 997. The lowest BCUT2D eigenvalue weighted by molar-refractivity contribution is -0.133. The van der Waals surface area contributed by atoms with E-state index in [-0.39, 0.29) is 30.7 Å². The van der Waals surface area contributed by atoms with Crippen molar-refractivity contribution in [1.82, 2.24) is 15.2 Å². The fourth-order valence-corrected chi connectivity index (χ4v) is 3.80. The highest BCUT2D eigenvalue weighted by molar-refractivity contribution is 5.90. The molecule has 1 aliphatic rings. The second-order valence-electron chi connectivity index (χ2n) is 6.97. The molecule has 4 rings (SSSR count). The van der Waals surface area contributed by atoms with Gasteiger partial charge in [0.05, 0.1) is 26.0 Å². The number of rotatable bonds is 4. The zero-order valence-corrected chi connectivity index (χ0v) is 15.8. The molecule has 6 heteroatoms. The summed E-state index contributed by atoms with van der Waals surface area (Å²) < 4.78 is 5.32. The number of benzene rings is 2. The van der Waals surface area contributed by atoms with Crippen molar-refractivity contribution in [3.05, 3.63) is 65.9 Å². The maximum atomic E-state index is 13.2. The van der Waals surface area contributed by atoms with Gasteiger partial charge in [-0.25, -0.2) is 0 Å². The Morgan fingerprint density at radius 3 is 2.82 bits per heavy atom. The lowest BCUT2D eigenvalue weighted by atomic mass is 10.0. The predicted octanol–water partition coefficient (Wildman–Crippen LogP) is 2.81. The lowest BCUT2D eigenvalue weighted by Gasteiger charge is -2.29. The van der Waals surface area contributed by atoms with Crippen LogP contribution in [-0.2, 0) is 16.0 Å². The average molecular weight is 377 g/mol. The second-order valence-corrected chi connectivity index (χ2v) is 6.97. The first-order valence-electron chi connectivity index (χ1n) is 9.41. The Morgan fingerprint density at radius 2 is 2.04 bits per heavy atom. The molecule has 1 aliphatic heterocycles. The number of hydrogen-bond acceptors (Lipinski definition) is 3. The zero-order chi connectivity index (χ0) is 19.5. The molecule has 1 atom stereocenters. The SMILES string of the molecule is COc1ccc2[nH]cc(CC(=O)N3CCNC(=O)CC3c3ccccc3)c2c1. The van der Waals surface area contributed by atoms with Gasteiger partial charge in [-0.3, -0.25) is 9.59 Å². The standard InChI is InChI=1S/C22H23N3O3/c1-28-17-7-8-19-18(12-17)16(14-24-19)11-22(27)25-10-9-23-21(26)13-20(25)15-5-3-2-4-6-15/h2-8,12,14,20,24H,9-11,13H2,1H3,(H,23,26). The van der Waals surface area contributed by atoms with Crippen LogP contribution in [0.3, 0.4) is 0 Å². The van der Waals surface area contributed by atoms with E-state index >= 15 is 0 Å². The molecule has 0 radical (unpaired) electrons. The fraction of sp³-hybridized carbons (Fsp3) is 0.273. The minimum Gasteiger partial charge on any atom is -0.497 e. The van der Waals surface area contributed by atoms with Crippen LogP contribution < -0.4 is 10.1 Å². The summed E-state index contributed by atoms with van der Waals surface area (Å²) in [5.74, 6) is 0.739. The molecular weight excluding hydrogens is 354 g/mol. The van der Waals surface area contributed by atoms with Crippen molar-refractivity contribution < 1.29 is 14.3 Å². The number of fused-ring (bicyclic) bond motifs is 1. The van der Waals surface area contributed by atoms with E-state index in [2.05, 4.69) is 10.3 Å². The van der Waals surface area contributed by atoms with Crippen LogP contribution in [0, 0.1) is 0 Å². The first kappa shape index (κ1) is 18.1. The van der Waals surface area contributed by atoms with E-state index in [0.717, 1.165) is 27.8 Å². The molecule has 0 saturated carbocycles. The molecule has 1 saturated heterocycles. The number of ether oxygens (including phenoxy) is 1. The quantitative estimate of drug-likeness (QED) is 0.734. The summed E-state index contributed by atoms with van der Waals surface area (Å²) in [6.07, 6.45) is 2.42.